The fourth-order valence-corrected chi connectivity index (χ4v) is 2.50. The van der Waals surface area contributed by atoms with Crippen molar-refractivity contribution in [2.45, 2.75) is 12.3 Å². The summed E-state index contributed by atoms with van der Waals surface area (Å²) in [5.41, 5.74) is -0.721. The maximum Gasteiger partial charge on any atom is 0.343 e. The molecule has 0 spiro atoms. The minimum atomic E-state index is -0.937. The van der Waals surface area contributed by atoms with Crippen molar-refractivity contribution in [1.82, 2.24) is 4.98 Å². The number of aromatic amines is 1. The number of phenols is 1. The van der Waals surface area contributed by atoms with Crippen LogP contribution in [-0.4, -0.2) is 41.4 Å². The molecular formula is C17H17NO7. The molecule has 132 valence electrons. The Balaban J connectivity index is 2.67. The van der Waals surface area contributed by atoms with Crippen LogP contribution in [0.15, 0.2) is 35.3 Å². The van der Waals surface area contributed by atoms with Gasteiger partial charge < -0.3 is 24.7 Å². The summed E-state index contributed by atoms with van der Waals surface area (Å²) in [5, 5.41) is 20.1. The monoisotopic (exact) mass is 347 g/mol. The Labute approximate surface area is 142 Å². The predicted molar refractivity (Wildman–Crippen MR) is 86.6 cm³/mol. The SMILES string of the molecule is COC(=O)CC(c1cccc(O)c1)c1c(O)c(C(=O)OC)c[nH]c1=O. The van der Waals surface area contributed by atoms with Crippen molar-refractivity contribution in [3.8, 4) is 11.5 Å². The van der Waals surface area contributed by atoms with Crippen molar-refractivity contribution in [1.29, 1.82) is 0 Å². The molecule has 0 aliphatic heterocycles. The van der Waals surface area contributed by atoms with Crippen molar-refractivity contribution < 1.29 is 29.3 Å². The second-order valence-electron chi connectivity index (χ2n) is 5.21. The number of aromatic hydroxyl groups is 2. The number of hydrogen-bond acceptors (Lipinski definition) is 7. The van der Waals surface area contributed by atoms with Crippen LogP contribution >= 0.6 is 0 Å². The Morgan fingerprint density at radius 3 is 2.52 bits per heavy atom. The van der Waals surface area contributed by atoms with Gasteiger partial charge in [-0.05, 0) is 17.7 Å². The number of hydrogen-bond donors (Lipinski definition) is 3. The zero-order valence-electron chi connectivity index (χ0n) is 13.6. The topological polar surface area (TPSA) is 126 Å². The average Bonchev–Trinajstić information content (AvgIpc) is 2.60. The second-order valence-corrected chi connectivity index (χ2v) is 5.21. The molecule has 0 aliphatic carbocycles. The summed E-state index contributed by atoms with van der Waals surface area (Å²) in [6.07, 6.45) is 0.756. The van der Waals surface area contributed by atoms with Crippen LogP contribution in [0.5, 0.6) is 11.5 Å². The van der Waals surface area contributed by atoms with Crippen LogP contribution in [0.4, 0.5) is 0 Å². The van der Waals surface area contributed by atoms with Gasteiger partial charge in [-0.3, -0.25) is 9.59 Å². The van der Waals surface area contributed by atoms with Crippen LogP contribution in [0.1, 0.15) is 33.8 Å². The van der Waals surface area contributed by atoms with E-state index in [-0.39, 0.29) is 23.3 Å². The Morgan fingerprint density at radius 2 is 1.92 bits per heavy atom. The van der Waals surface area contributed by atoms with Crippen LogP contribution in [0.3, 0.4) is 0 Å². The van der Waals surface area contributed by atoms with Crippen molar-refractivity contribution in [2.75, 3.05) is 14.2 Å². The maximum atomic E-state index is 12.3. The Hall–Kier alpha value is -3.29. The van der Waals surface area contributed by atoms with Gasteiger partial charge in [0.1, 0.15) is 17.1 Å². The lowest BCUT2D eigenvalue weighted by Gasteiger charge is -2.18. The van der Waals surface area contributed by atoms with E-state index in [0.717, 1.165) is 13.3 Å². The zero-order chi connectivity index (χ0) is 18.6. The molecule has 25 heavy (non-hydrogen) atoms. The summed E-state index contributed by atoms with van der Waals surface area (Å²) < 4.78 is 9.21. The largest absolute Gasteiger partial charge is 0.508 e. The maximum absolute atomic E-state index is 12.3. The summed E-state index contributed by atoms with van der Waals surface area (Å²) in [5.74, 6) is -3.08. The molecule has 1 unspecified atom stereocenters. The molecule has 2 rings (SSSR count). The highest BCUT2D eigenvalue weighted by molar-refractivity contribution is 5.92. The lowest BCUT2D eigenvalue weighted by atomic mass is 9.87. The van der Waals surface area contributed by atoms with Crippen molar-refractivity contribution in [2.24, 2.45) is 0 Å². The van der Waals surface area contributed by atoms with Gasteiger partial charge in [0.2, 0.25) is 0 Å². The Morgan fingerprint density at radius 1 is 1.20 bits per heavy atom. The van der Waals surface area contributed by atoms with Gasteiger partial charge in [0.05, 0.1) is 26.2 Å². The number of ether oxygens (including phenoxy) is 2. The van der Waals surface area contributed by atoms with Gasteiger partial charge in [-0.1, -0.05) is 12.1 Å². The highest BCUT2D eigenvalue weighted by atomic mass is 16.5. The molecule has 8 heteroatoms. The number of phenolic OH excluding ortho intramolecular Hbond substituents is 1. The smallest absolute Gasteiger partial charge is 0.343 e. The van der Waals surface area contributed by atoms with Gasteiger partial charge in [0.15, 0.2) is 0 Å². The number of H-pyrrole nitrogens is 1. The van der Waals surface area contributed by atoms with Crippen molar-refractivity contribution in [3.63, 3.8) is 0 Å². The van der Waals surface area contributed by atoms with Gasteiger partial charge in [-0.2, -0.15) is 0 Å². The third-order valence-corrected chi connectivity index (χ3v) is 3.73. The van der Waals surface area contributed by atoms with Gasteiger partial charge in [-0.15, -0.1) is 0 Å². The number of methoxy groups -OCH3 is 2. The molecular weight excluding hydrogens is 330 g/mol. The van der Waals surface area contributed by atoms with Crippen LogP contribution < -0.4 is 5.56 Å². The lowest BCUT2D eigenvalue weighted by Crippen LogP contribution is -2.22. The molecule has 0 amide bonds. The normalized spacial score (nSPS) is 11.6. The number of carbonyl (C=O) groups is 2. The number of aromatic nitrogens is 1. The molecule has 0 saturated heterocycles. The summed E-state index contributed by atoms with van der Waals surface area (Å²) >= 11 is 0. The van der Waals surface area contributed by atoms with E-state index in [4.69, 9.17) is 0 Å². The summed E-state index contributed by atoms with van der Waals surface area (Å²) in [4.78, 5) is 38.2. The highest BCUT2D eigenvalue weighted by Gasteiger charge is 2.28. The molecule has 0 bridgehead atoms. The first kappa shape index (κ1) is 18.1. The third-order valence-electron chi connectivity index (χ3n) is 3.73. The zero-order valence-corrected chi connectivity index (χ0v) is 13.6. The van der Waals surface area contributed by atoms with E-state index in [1.54, 1.807) is 6.07 Å². The summed E-state index contributed by atoms with van der Waals surface area (Å²) in [6, 6.07) is 5.90. The Kier molecular flexibility index (Phi) is 5.43. The minimum Gasteiger partial charge on any atom is -0.508 e. The fourth-order valence-electron chi connectivity index (χ4n) is 2.50. The highest BCUT2D eigenvalue weighted by Crippen LogP contribution is 2.34. The van der Waals surface area contributed by atoms with E-state index in [2.05, 4.69) is 14.5 Å². The molecule has 0 fully saturated rings. The number of nitrogens with one attached hydrogen (secondary N) is 1. The standard InChI is InChI=1S/C17H17NO7/c1-24-13(20)7-11(9-4-3-5-10(19)6-9)14-15(21)12(17(23)25-2)8-18-16(14)22/h3-6,8,11,19H,7H2,1-2H3,(H2,18,21,22). The second kappa shape index (κ2) is 7.52. The number of benzene rings is 1. The summed E-state index contributed by atoms with van der Waals surface area (Å²) in [6.45, 7) is 0. The average molecular weight is 347 g/mol. The molecule has 8 nitrogen and oxygen atoms in total. The van der Waals surface area contributed by atoms with Gasteiger partial charge in [0, 0.05) is 12.1 Å². The van der Waals surface area contributed by atoms with Crippen molar-refractivity contribution in [3.05, 3.63) is 57.5 Å². The van der Waals surface area contributed by atoms with Gasteiger partial charge in [0.25, 0.3) is 5.56 Å². The predicted octanol–water partition coefficient (Wildman–Crippen LogP) is 1.27. The lowest BCUT2D eigenvalue weighted by molar-refractivity contribution is -0.140. The van der Waals surface area contributed by atoms with E-state index in [9.17, 15) is 24.6 Å². The summed E-state index contributed by atoms with van der Waals surface area (Å²) in [7, 11) is 2.32. The molecule has 0 aliphatic rings. The Bertz CT molecular complexity index is 856. The van der Waals surface area contributed by atoms with E-state index in [1.165, 1.54) is 25.3 Å². The quantitative estimate of drug-likeness (QED) is 0.695. The van der Waals surface area contributed by atoms with Gasteiger partial charge in [-0.25, -0.2) is 4.79 Å². The number of pyridine rings is 1. The van der Waals surface area contributed by atoms with E-state index in [0.29, 0.717) is 5.56 Å². The molecule has 1 aromatic heterocycles. The molecule has 1 atom stereocenters. The molecule has 3 N–H and O–H groups in total. The van der Waals surface area contributed by atoms with E-state index in [1.807, 2.05) is 0 Å². The first-order valence-electron chi connectivity index (χ1n) is 7.27. The first-order chi connectivity index (χ1) is 11.9. The number of carbonyl (C=O) groups excluding carboxylic acids is 2. The molecule has 0 radical (unpaired) electrons. The molecule has 2 aromatic rings. The molecule has 0 saturated carbocycles. The van der Waals surface area contributed by atoms with Crippen LogP contribution in [0.2, 0.25) is 0 Å². The fraction of sp³-hybridized carbons (Fsp3) is 0.235. The number of rotatable bonds is 5. The van der Waals surface area contributed by atoms with Crippen molar-refractivity contribution >= 4 is 11.9 Å². The van der Waals surface area contributed by atoms with E-state index >= 15 is 0 Å². The third kappa shape index (κ3) is 3.79. The van der Waals surface area contributed by atoms with E-state index < -0.39 is 29.2 Å². The van der Waals surface area contributed by atoms with Crippen LogP contribution in [-0.2, 0) is 14.3 Å². The molecule has 1 heterocycles. The first-order valence-corrected chi connectivity index (χ1v) is 7.27. The van der Waals surface area contributed by atoms with Crippen LogP contribution in [0.25, 0.3) is 0 Å². The molecule has 1 aromatic carbocycles. The minimum absolute atomic E-state index is 0.0765. The number of esters is 2. The van der Waals surface area contributed by atoms with Gasteiger partial charge >= 0.3 is 11.9 Å². The van der Waals surface area contributed by atoms with Crippen LogP contribution in [0, 0.1) is 0 Å².